The van der Waals surface area contributed by atoms with Crippen LogP contribution in [0.3, 0.4) is 0 Å². The van der Waals surface area contributed by atoms with E-state index in [-0.39, 0.29) is 12.3 Å². The Hall–Kier alpha value is -1.86. The molecule has 4 nitrogen and oxygen atoms in total. The average Bonchev–Trinajstić information content (AvgIpc) is 2.74. The van der Waals surface area contributed by atoms with Crippen molar-refractivity contribution in [2.45, 2.75) is 19.4 Å². The number of fused-ring (bicyclic) bond motifs is 1. The summed E-state index contributed by atoms with van der Waals surface area (Å²) in [5, 5.41) is 8.57. The first-order chi connectivity index (χ1) is 8.27. The molecular weight excluding hydrogens is 216 g/mol. The maximum Gasteiger partial charge on any atom is 0.241 e. The first-order valence-corrected chi connectivity index (χ1v) is 5.55. The Morgan fingerprint density at radius 3 is 3.12 bits per heavy atom. The van der Waals surface area contributed by atoms with Crippen molar-refractivity contribution >= 4 is 11.6 Å². The number of carbonyl (C=O) groups is 1. The minimum Gasteiger partial charge on any atom is -0.380 e. The lowest BCUT2D eigenvalue weighted by Crippen LogP contribution is -2.28. The van der Waals surface area contributed by atoms with Crippen molar-refractivity contribution in [3.8, 4) is 6.07 Å². The second-order valence-corrected chi connectivity index (χ2v) is 3.98. The predicted molar refractivity (Wildman–Crippen MR) is 63.4 cm³/mol. The Morgan fingerprint density at radius 1 is 1.59 bits per heavy atom. The fourth-order valence-electron chi connectivity index (χ4n) is 2.22. The van der Waals surface area contributed by atoms with Crippen molar-refractivity contribution in [1.29, 1.82) is 5.26 Å². The lowest BCUT2D eigenvalue weighted by Gasteiger charge is -2.16. The maximum absolute atomic E-state index is 11.7. The molecule has 0 bridgehead atoms. The van der Waals surface area contributed by atoms with Gasteiger partial charge >= 0.3 is 0 Å². The number of amides is 1. The van der Waals surface area contributed by atoms with Gasteiger partial charge in [-0.15, -0.1) is 0 Å². The highest BCUT2D eigenvalue weighted by molar-refractivity contribution is 5.96. The van der Waals surface area contributed by atoms with Crippen LogP contribution < -0.4 is 4.90 Å². The molecular formula is C13H14N2O2. The number of hydrogen-bond donors (Lipinski definition) is 0. The maximum atomic E-state index is 11.7. The molecule has 17 heavy (non-hydrogen) atoms. The summed E-state index contributed by atoms with van der Waals surface area (Å²) in [7, 11) is 1.66. The molecule has 0 spiro atoms. The second kappa shape index (κ2) is 4.98. The average molecular weight is 230 g/mol. The van der Waals surface area contributed by atoms with Crippen LogP contribution in [0.1, 0.15) is 17.5 Å². The molecule has 88 valence electrons. The van der Waals surface area contributed by atoms with Crippen molar-refractivity contribution in [1.82, 2.24) is 0 Å². The largest absolute Gasteiger partial charge is 0.380 e. The molecule has 4 heteroatoms. The summed E-state index contributed by atoms with van der Waals surface area (Å²) in [5.74, 6) is -0.124. The number of carbonyl (C=O) groups excluding carboxylic acids is 1. The van der Waals surface area contributed by atoms with Gasteiger partial charge in [0.25, 0.3) is 0 Å². The summed E-state index contributed by atoms with van der Waals surface area (Å²) in [4.78, 5) is 13.4. The van der Waals surface area contributed by atoms with E-state index >= 15 is 0 Å². The van der Waals surface area contributed by atoms with Gasteiger partial charge in [-0.2, -0.15) is 5.26 Å². The van der Waals surface area contributed by atoms with Gasteiger partial charge in [-0.05, 0) is 23.6 Å². The molecule has 1 aliphatic heterocycles. The van der Waals surface area contributed by atoms with Crippen LogP contribution in [-0.2, 0) is 22.6 Å². The summed E-state index contributed by atoms with van der Waals surface area (Å²) in [6.45, 7) is 1.22. The molecule has 0 atom stereocenters. The third-order valence-electron chi connectivity index (χ3n) is 2.96. The van der Waals surface area contributed by atoms with Gasteiger partial charge in [0.1, 0.15) is 6.42 Å². The van der Waals surface area contributed by atoms with Gasteiger partial charge in [0.05, 0.1) is 12.7 Å². The van der Waals surface area contributed by atoms with E-state index in [1.54, 1.807) is 12.0 Å². The normalized spacial score (nSPS) is 13.3. The van der Waals surface area contributed by atoms with Crippen LogP contribution in [0.15, 0.2) is 18.2 Å². The molecule has 2 rings (SSSR count). The molecule has 0 saturated heterocycles. The van der Waals surface area contributed by atoms with Gasteiger partial charge < -0.3 is 9.64 Å². The highest BCUT2D eigenvalue weighted by Gasteiger charge is 2.25. The smallest absolute Gasteiger partial charge is 0.241 e. The molecule has 0 aliphatic carbocycles. The summed E-state index contributed by atoms with van der Waals surface area (Å²) in [6, 6.07) is 7.76. The molecule has 0 N–H and O–H groups in total. The molecule has 1 aromatic rings. The van der Waals surface area contributed by atoms with E-state index in [0.29, 0.717) is 13.2 Å². The lowest BCUT2D eigenvalue weighted by atomic mass is 10.1. The summed E-state index contributed by atoms with van der Waals surface area (Å²) in [5.41, 5.74) is 3.22. The van der Waals surface area contributed by atoms with Crippen LogP contribution in [0.5, 0.6) is 0 Å². The van der Waals surface area contributed by atoms with Crippen LogP contribution in [0, 0.1) is 11.3 Å². The van der Waals surface area contributed by atoms with Crippen molar-refractivity contribution < 1.29 is 9.53 Å². The van der Waals surface area contributed by atoms with Gasteiger partial charge in [0.2, 0.25) is 5.91 Å². The number of ether oxygens (including phenoxy) is 1. The predicted octanol–water partition coefficient (Wildman–Crippen LogP) is 1.64. The van der Waals surface area contributed by atoms with Crippen LogP contribution in [-0.4, -0.2) is 19.6 Å². The van der Waals surface area contributed by atoms with Gasteiger partial charge in [0, 0.05) is 19.3 Å². The zero-order valence-electron chi connectivity index (χ0n) is 9.77. The third-order valence-corrected chi connectivity index (χ3v) is 2.96. The van der Waals surface area contributed by atoms with E-state index in [2.05, 4.69) is 0 Å². The SMILES string of the molecule is COCc1cccc2c1CCN2C(=O)CC#N. The Morgan fingerprint density at radius 2 is 2.41 bits per heavy atom. The first-order valence-electron chi connectivity index (χ1n) is 5.55. The molecule has 1 heterocycles. The summed E-state index contributed by atoms with van der Waals surface area (Å²) >= 11 is 0. The summed E-state index contributed by atoms with van der Waals surface area (Å²) in [6.07, 6.45) is 0.778. The summed E-state index contributed by atoms with van der Waals surface area (Å²) < 4.78 is 5.14. The van der Waals surface area contributed by atoms with Gasteiger partial charge in [0.15, 0.2) is 0 Å². The van der Waals surface area contributed by atoms with Gasteiger partial charge in [-0.25, -0.2) is 0 Å². The molecule has 1 aliphatic rings. The minimum atomic E-state index is -0.124. The van der Waals surface area contributed by atoms with E-state index < -0.39 is 0 Å². The van der Waals surface area contributed by atoms with Crippen LogP contribution in [0.25, 0.3) is 0 Å². The topological polar surface area (TPSA) is 53.3 Å². The van der Waals surface area contributed by atoms with Gasteiger partial charge in [-0.1, -0.05) is 12.1 Å². The minimum absolute atomic E-state index is 0.0616. The number of hydrogen-bond acceptors (Lipinski definition) is 3. The van der Waals surface area contributed by atoms with Crippen molar-refractivity contribution in [3.05, 3.63) is 29.3 Å². The number of benzene rings is 1. The number of anilines is 1. The Balaban J connectivity index is 2.30. The molecule has 0 fully saturated rings. The van der Waals surface area contributed by atoms with E-state index in [4.69, 9.17) is 10.00 Å². The standard InChI is InChI=1S/C13H14N2O2/c1-17-9-10-3-2-4-12-11(10)6-8-15(12)13(16)5-7-14/h2-4H,5-6,8-9H2,1H3. The molecule has 0 saturated carbocycles. The number of rotatable bonds is 3. The zero-order valence-corrected chi connectivity index (χ0v) is 9.77. The van der Waals surface area contributed by atoms with Crippen LogP contribution >= 0.6 is 0 Å². The monoisotopic (exact) mass is 230 g/mol. The Labute approximate surface area is 100 Å². The second-order valence-electron chi connectivity index (χ2n) is 3.98. The van der Waals surface area contributed by atoms with E-state index in [0.717, 1.165) is 17.7 Å². The molecule has 1 aromatic carbocycles. The van der Waals surface area contributed by atoms with E-state index in [1.807, 2.05) is 24.3 Å². The quantitative estimate of drug-likeness (QED) is 0.793. The fourth-order valence-corrected chi connectivity index (χ4v) is 2.22. The van der Waals surface area contributed by atoms with Crippen LogP contribution in [0.4, 0.5) is 5.69 Å². The Bertz CT molecular complexity index is 477. The molecule has 1 amide bonds. The lowest BCUT2D eigenvalue weighted by molar-refractivity contribution is -0.117. The van der Waals surface area contributed by atoms with Crippen molar-refractivity contribution in [2.75, 3.05) is 18.6 Å². The van der Waals surface area contributed by atoms with E-state index in [9.17, 15) is 4.79 Å². The zero-order chi connectivity index (χ0) is 12.3. The van der Waals surface area contributed by atoms with Gasteiger partial charge in [-0.3, -0.25) is 4.79 Å². The van der Waals surface area contributed by atoms with Crippen molar-refractivity contribution in [2.24, 2.45) is 0 Å². The Kier molecular flexibility index (Phi) is 3.40. The fraction of sp³-hybridized carbons (Fsp3) is 0.385. The highest BCUT2D eigenvalue weighted by atomic mass is 16.5. The first kappa shape index (κ1) is 11.6. The van der Waals surface area contributed by atoms with E-state index in [1.165, 1.54) is 5.56 Å². The highest BCUT2D eigenvalue weighted by Crippen LogP contribution is 2.31. The molecule has 0 unspecified atom stereocenters. The molecule has 0 aromatic heterocycles. The number of nitriles is 1. The number of nitrogens with zero attached hydrogens (tertiary/aromatic N) is 2. The third kappa shape index (κ3) is 2.15. The number of methoxy groups -OCH3 is 1. The van der Waals surface area contributed by atoms with Crippen molar-refractivity contribution in [3.63, 3.8) is 0 Å². The molecule has 0 radical (unpaired) electrons. The van der Waals surface area contributed by atoms with Crippen LogP contribution in [0.2, 0.25) is 0 Å².